The quantitative estimate of drug-likeness (QED) is 0.724. The number of aliphatic hydroxyl groups is 1. The molecule has 0 atom stereocenters. The van der Waals surface area contributed by atoms with Gasteiger partial charge in [-0.25, -0.2) is 0 Å². The fourth-order valence-electron chi connectivity index (χ4n) is 2.40. The molecule has 0 aliphatic carbocycles. The van der Waals surface area contributed by atoms with Gasteiger partial charge >= 0.3 is 0 Å². The minimum absolute atomic E-state index is 0.175. The van der Waals surface area contributed by atoms with Gasteiger partial charge in [-0.15, -0.1) is 0 Å². The molecule has 2 N–H and O–H groups in total. The smallest absolute Gasteiger partial charge is 0.231 e. The van der Waals surface area contributed by atoms with Crippen molar-refractivity contribution in [2.24, 2.45) is 0 Å². The molecule has 0 aromatic heterocycles. The summed E-state index contributed by atoms with van der Waals surface area (Å²) in [5, 5.41) is 12.0. The highest BCUT2D eigenvalue weighted by Crippen LogP contribution is 2.28. The first-order valence-corrected chi connectivity index (χ1v) is 6.92. The number of aliphatic hydroxyl groups excluding tert-OH is 1. The molecule has 1 amide bonds. The zero-order valence-electron chi connectivity index (χ0n) is 11.5. The molecular weight excluding hydrogens is 240 g/mol. The summed E-state index contributed by atoms with van der Waals surface area (Å²) < 4.78 is 0. The van der Waals surface area contributed by atoms with Crippen LogP contribution in [-0.4, -0.2) is 37.8 Å². The number of carbonyl (C=O) groups excluding carboxylic acids is 1. The van der Waals surface area contributed by atoms with E-state index in [0.29, 0.717) is 6.42 Å². The molecule has 4 heteroatoms. The molecule has 2 rings (SSSR count). The van der Waals surface area contributed by atoms with E-state index in [1.54, 1.807) is 4.90 Å². The van der Waals surface area contributed by atoms with E-state index in [1.807, 2.05) is 13.1 Å². The number of nitrogens with zero attached hydrogens (tertiary/aromatic N) is 1. The fourth-order valence-corrected chi connectivity index (χ4v) is 2.40. The van der Waals surface area contributed by atoms with E-state index in [2.05, 4.69) is 17.4 Å². The number of fused-ring (bicyclic) bond motifs is 1. The number of hydrogen-bond acceptors (Lipinski definition) is 3. The van der Waals surface area contributed by atoms with Crippen LogP contribution in [0.25, 0.3) is 0 Å². The minimum atomic E-state index is 0.175. The maximum atomic E-state index is 11.6. The molecule has 0 bridgehead atoms. The van der Waals surface area contributed by atoms with Crippen molar-refractivity contribution in [2.45, 2.75) is 25.7 Å². The van der Waals surface area contributed by atoms with Crippen LogP contribution in [0, 0.1) is 0 Å². The second kappa shape index (κ2) is 6.68. The van der Waals surface area contributed by atoms with Crippen LogP contribution < -0.4 is 10.2 Å². The Morgan fingerprint density at radius 1 is 1.32 bits per heavy atom. The summed E-state index contributed by atoms with van der Waals surface area (Å²) in [6.45, 7) is 2.16. The Hall–Kier alpha value is -1.39. The average Bonchev–Trinajstić information content (AvgIpc) is 2.69. The second-order valence-corrected chi connectivity index (χ2v) is 5.02. The maximum Gasteiger partial charge on any atom is 0.231 e. The summed E-state index contributed by atoms with van der Waals surface area (Å²) in [5.41, 5.74) is 3.46. The molecule has 0 spiro atoms. The van der Waals surface area contributed by atoms with Crippen LogP contribution in [0.15, 0.2) is 18.2 Å². The third-order valence-corrected chi connectivity index (χ3v) is 3.57. The molecule has 1 aliphatic heterocycles. The number of unbranched alkanes of at least 4 members (excludes halogenated alkanes) is 1. The first-order chi connectivity index (χ1) is 9.22. The monoisotopic (exact) mass is 262 g/mol. The van der Waals surface area contributed by atoms with Crippen molar-refractivity contribution in [3.8, 4) is 0 Å². The van der Waals surface area contributed by atoms with Gasteiger partial charge in [0.05, 0.1) is 6.42 Å². The standard InChI is InChI=1S/C15H22N2O2/c1-17-14-5-4-12(10-13(14)11-15(17)19)6-8-16-7-2-3-9-18/h4-5,10,16,18H,2-3,6-9,11H2,1H3. The van der Waals surface area contributed by atoms with Crippen molar-refractivity contribution in [1.82, 2.24) is 5.32 Å². The molecule has 1 aliphatic rings. The Morgan fingerprint density at radius 3 is 2.95 bits per heavy atom. The van der Waals surface area contributed by atoms with Crippen LogP contribution in [0.4, 0.5) is 5.69 Å². The Kier molecular flexibility index (Phi) is 4.93. The molecule has 1 heterocycles. The highest BCUT2D eigenvalue weighted by Gasteiger charge is 2.23. The highest BCUT2D eigenvalue weighted by molar-refractivity contribution is 6.00. The van der Waals surface area contributed by atoms with Crippen molar-refractivity contribution >= 4 is 11.6 Å². The number of likely N-dealkylation sites (N-methyl/N-ethyl adjacent to an activating group) is 1. The van der Waals surface area contributed by atoms with E-state index >= 15 is 0 Å². The summed E-state index contributed by atoms with van der Waals surface area (Å²) in [4.78, 5) is 13.3. The highest BCUT2D eigenvalue weighted by atomic mass is 16.2. The van der Waals surface area contributed by atoms with Gasteiger partial charge in [-0.1, -0.05) is 12.1 Å². The Balaban J connectivity index is 1.80. The fraction of sp³-hybridized carbons (Fsp3) is 0.533. The van der Waals surface area contributed by atoms with Crippen LogP contribution >= 0.6 is 0 Å². The zero-order valence-corrected chi connectivity index (χ0v) is 11.5. The predicted molar refractivity (Wildman–Crippen MR) is 76.4 cm³/mol. The van der Waals surface area contributed by atoms with E-state index in [1.165, 1.54) is 5.56 Å². The number of amides is 1. The van der Waals surface area contributed by atoms with E-state index in [-0.39, 0.29) is 12.5 Å². The van der Waals surface area contributed by atoms with Gasteiger partial charge in [0.25, 0.3) is 0 Å². The van der Waals surface area contributed by atoms with Crippen LogP contribution in [0.5, 0.6) is 0 Å². The van der Waals surface area contributed by atoms with Gasteiger partial charge in [-0.05, 0) is 49.5 Å². The summed E-state index contributed by atoms with van der Waals surface area (Å²) in [6.07, 6.45) is 3.38. The normalized spacial score (nSPS) is 14.0. The Labute approximate surface area is 114 Å². The molecule has 0 saturated heterocycles. The third-order valence-electron chi connectivity index (χ3n) is 3.57. The molecule has 1 aromatic rings. The number of hydrogen-bond donors (Lipinski definition) is 2. The van der Waals surface area contributed by atoms with Crippen LogP contribution in [-0.2, 0) is 17.6 Å². The maximum absolute atomic E-state index is 11.6. The van der Waals surface area contributed by atoms with E-state index in [9.17, 15) is 4.79 Å². The lowest BCUT2D eigenvalue weighted by Crippen LogP contribution is -2.20. The van der Waals surface area contributed by atoms with Gasteiger partial charge < -0.3 is 15.3 Å². The van der Waals surface area contributed by atoms with Crippen molar-refractivity contribution in [1.29, 1.82) is 0 Å². The lowest BCUT2D eigenvalue weighted by molar-refractivity contribution is -0.117. The van der Waals surface area contributed by atoms with Crippen molar-refractivity contribution in [2.75, 3.05) is 31.6 Å². The Bertz CT molecular complexity index is 446. The lowest BCUT2D eigenvalue weighted by Gasteiger charge is -2.10. The van der Waals surface area contributed by atoms with Crippen LogP contribution in [0.3, 0.4) is 0 Å². The number of carbonyl (C=O) groups is 1. The number of rotatable bonds is 7. The SMILES string of the molecule is CN1C(=O)Cc2cc(CCNCCCCO)ccc21. The van der Waals surface area contributed by atoms with Gasteiger partial charge in [-0.2, -0.15) is 0 Å². The van der Waals surface area contributed by atoms with Crippen LogP contribution in [0.2, 0.25) is 0 Å². The first kappa shape index (κ1) is 14.0. The van der Waals surface area contributed by atoms with Gasteiger partial charge in [0.2, 0.25) is 5.91 Å². The average molecular weight is 262 g/mol. The number of anilines is 1. The Morgan fingerprint density at radius 2 is 2.16 bits per heavy atom. The largest absolute Gasteiger partial charge is 0.396 e. The third kappa shape index (κ3) is 3.55. The topological polar surface area (TPSA) is 52.6 Å². The van der Waals surface area contributed by atoms with Crippen molar-refractivity contribution in [3.05, 3.63) is 29.3 Å². The molecule has 0 radical (unpaired) electrons. The molecule has 0 unspecified atom stereocenters. The molecule has 1 aromatic carbocycles. The molecule has 0 fully saturated rings. The molecule has 19 heavy (non-hydrogen) atoms. The first-order valence-electron chi connectivity index (χ1n) is 6.92. The molecule has 0 saturated carbocycles. The second-order valence-electron chi connectivity index (χ2n) is 5.02. The van der Waals surface area contributed by atoms with Crippen LogP contribution in [0.1, 0.15) is 24.0 Å². The van der Waals surface area contributed by atoms with E-state index in [4.69, 9.17) is 5.11 Å². The minimum Gasteiger partial charge on any atom is -0.396 e. The summed E-state index contributed by atoms with van der Waals surface area (Å²) in [5.74, 6) is 0.175. The summed E-state index contributed by atoms with van der Waals surface area (Å²) >= 11 is 0. The van der Waals surface area contributed by atoms with Gasteiger partial charge in [0, 0.05) is 19.3 Å². The van der Waals surface area contributed by atoms with Gasteiger partial charge in [0.1, 0.15) is 0 Å². The van der Waals surface area contributed by atoms with Crippen molar-refractivity contribution in [3.63, 3.8) is 0 Å². The predicted octanol–water partition coefficient (Wildman–Crippen LogP) is 1.11. The lowest BCUT2D eigenvalue weighted by atomic mass is 10.1. The molecule has 4 nitrogen and oxygen atoms in total. The molecular formula is C15H22N2O2. The van der Waals surface area contributed by atoms with E-state index < -0.39 is 0 Å². The van der Waals surface area contributed by atoms with Gasteiger partial charge in [-0.3, -0.25) is 4.79 Å². The van der Waals surface area contributed by atoms with E-state index in [0.717, 1.165) is 43.6 Å². The number of nitrogens with one attached hydrogen (secondary N) is 1. The van der Waals surface area contributed by atoms with Gasteiger partial charge in [0.15, 0.2) is 0 Å². The molecule has 104 valence electrons. The summed E-state index contributed by atoms with van der Waals surface area (Å²) in [7, 11) is 1.83. The zero-order chi connectivity index (χ0) is 13.7. The number of benzene rings is 1. The summed E-state index contributed by atoms with van der Waals surface area (Å²) in [6, 6.07) is 6.29. The van der Waals surface area contributed by atoms with Crippen molar-refractivity contribution < 1.29 is 9.90 Å².